The van der Waals surface area contributed by atoms with Crippen LogP contribution in [0.2, 0.25) is 50.9 Å². The van der Waals surface area contributed by atoms with Gasteiger partial charge >= 0.3 is 6.18 Å². The van der Waals surface area contributed by atoms with Crippen LogP contribution in [0.1, 0.15) is 204 Å². The van der Waals surface area contributed by atoms with E-state index in [9.17, 15) is 13.2 Å². The molecule has 1 aliphatic rings. The Labute approximate surface area is 550 Å². The van der Waals surface area contributed by atoms with Gasteiger partial charge in [0.2, 0.25) is 0 Å². The van der Waals surface area contributed by atoms with Crippen molar-refractivity contribution in [1.29, 1.82) is 0 Å². The van der Waals surface area contributed by atoms with Gasteiger partial charge in [0.25, 0.3) is 0 Å². The van der Waals surface area contributed by atoms with Gasteiger partial charge < -0.3 is 0 Å². The zero-order valence-electron chi connectivity index (χ0n) is 62.4. The van der Waals surface area contributed by atoms with E-state index in [1.54, 1.807) is 0 Å². The molecular weight excluding hydrogens is 1120 g/mol. The SMILES string of the molecule is CC1CCC(C)(C(F)(F)F)CC1.CC[Si](C)(CC)CC.C[Si](C)(C)C.Cc1ccc(C)c(C(C)C)c1.Cc1ccc(C)c(C)c1.Cc1ccc(C)cc1.Cc1ccccc1.Cc1ccccc1C.Cc1ccccc1C(C)(C)C.Cc1ccccc1C(C)C. The topological polar surface area (TPSA) is 0 Å². The minimum absolute atomic E-state index is 0.283. The van der Waals surface area contributed by atoms with Gasteiger partial charge in [-0.25, -0.2) is 0 Å². The Morgan fingerprint density at radius 1 is 0.404 bits per heavy atom. The van der Waals surface area contributed by atoms with Crippen LogP contribution in [-0.2, 0) is 5.41 Å². The average molecular weight is 1250 g/mol. The highest BCUT2D eigenvalue weighted by molar-refractivity contribution is 6.78. The molecule has 5 heteroatoms. The van der Waals surface area contributed by atoms with Crippen LogP contribution in [0, 0.1) is 94.4 Å². The second-order valence-electron chi connectivity index (χ2n) is 29.2. The molecule has 0 heterocycles. The van der Waals surface area contributed by atoms with Crippen LogP contribution in [0.25, 0.3) is 0 Å². The van der Waals surface area contributed by atoms with Gasteiger partial charge in [0.1, 0.15) is 0 Å². The molecule has 7 aromatic carbocycles. The van der Waals surface area contributed by atoms with Crippen LogP contribution >= 0.6 is 0 Å². The molecule has 0 atom stereocenters. The Morgan fingerprint density at radius 2 is 0.719 bits per heavy atom. The second-order valence-corrected chi connectivity index (χ2v) is 40.9. The van der Waals surface area contributed by atoms with E-state index in [0.29, 0.717) is 30.6 Å². The van der Waals surface area contributed by atoms with Crippen molar-refractivity contribution in [3.05, 3.63) is 247 Å². The van der Waals surface area contributed by atoms with Crippen LogP contribution in [0.5, 0.6) is 0 Å². The standard InChI is InChI=1S/2C11H16.C10H14.C9H15F3.C9H12.2C8H10.C7H18Si.C7H8.C4H12Si/c1-8(2)11-7-9(3)5-6-10(11)4;1-9-7-5-6-8-10(9)11(2,3)4;1-8(2)10-7-5-4-6-9(10)3;1-7-3-5-8(2,6-4-7)9(10,11)12;1-7-4-5-8(2)9(3)6-7;1-7-3-5-8(2)6-4-7;1-7-5-3-4-6-8(7)2;1-5-8(4,6-2)7-3;1-7-5-3-2-4-6-7;1-5(2,3)4/h2*5-8H,1-4H3;4-8H,1-3H3;7H,3-6H2,1-2H3;4-6H,1-3H3;2*3-6H,1-2H3;5-7H2,1-4H3;2-6H,1H3;1-4H3. The molecule has 7 aromatic rings. The van der Waals surface area contributed by atoms with Crippen LogP contribution in [0.4, 0.5) is 13.2 Å². The first-order valence-corrected chi connectivity index (χ1v) is 40.5. The van der Waals surface area contributed by atoms with Crippen molar-refractivity contribution in [3.63, 3.8) is 0 Å². The predicted molar refractivity (Wildman–Crippen MR) is 403 cm³/mol. The van der Waals surface area contributed by atoms with Crippen molar-refractivity contribution in [3.8, 4) is 0 Å². The molecule has 8 rings (SSSR count). The number of aryl methyl sites for hydroxylation is 12. The van der Waals surface area contributed by atoms with Crippen molar-refractivity contribution in [2.75, 3.05) is 0 Å². The highest BCUT2D eigenvalue weighted by atomic mass is 28.3. The number of halogens is 3. The van der Waals surface area contributed by atoms with E-state index in [1.165, 1.54) is 109 Å². The highest BCUT2D eigenvalue weighted by Gasteiger charge is 2.51. The summed E-state index contributed by atoms with van der Waals surface area (Å²) in [5.41, 5.74) is 19.6. The second kappa shape index (κ2) is 43.5. The summed E-state index contributed by atoms with van der Waals surface area (Å²) in [5, 5.41) is 0. The Hall–Kier alpha value is -5.24. The summed E-state index contributed by atoms with van der Waals surface area (Å²) in [5.74, 6) is 1.77. The molecule has 0 saturated heterocycles. The van der Waals surface area contributed by atoms with Crippen molar-refractivity contribution >= 4 is 16.1 Å². The molecule has 89 heavy (non-hydrogen) atoms. The Balaban J connectivity index is 0. The summed E-state index contributed by atoms with van der Waals surface area (Å²) in [7, 11) is -1.28. The third kappa shape index (κ3) is 40.3. The van der Waals surface area contributed by atoms with E-state index in [4.69, 9.17) is 0 Å². The highest BCUT2D eigenvalue weighted by Crippen LogP contribution is 2.49. The molecule has 1 aliphatic carbocycles. The summed E-state index contributed by atoms with van der Waals surface area (Å²) in [6.07, 6.45) is -1.96. The zero-order chi connectivity index (χ0) is 68.9. The van der Waals surface area contributed by atoms with Gasteiger partial charge in [-0.15, -0.1) is 0 Å². The molecule has 0 radical (unpaired) electrons. The van der Waals surface area contributed by atoms with Gasteiger partial charge in [-0.2, -0.15) is 13.2 Å². The van der Waals surface area contributed by atoms with Crippen molar-refractivity contribution in [2.24, 2.45) is 11.3 Å². The molecule has 1 saturated carbocycles. The maximum Gasteiger partial charge on any atom is 0.394 e. The smallest absolute Gasteiger partial charge is 0.171 e. The molecule has 0 aliphatic heterocycles. The predicted octanol–water partition coefficient (Wildman–Crippen LogP) is 27.9. The van der Waals surface area contributed by atoms with Gasteiger partial charge in [-0.3, -0.25) is 0 Å². The Kier molecular flexibility index (Phi) is 42.0. The molecule has 0 N–H and O–H groups in total. The lowest BCUT2D eigenvalue weighted by Crippen LogP contribution is -2.38. The number of benzene rings is 7. The third-order valence-corrected chi connectivity index (χ3v) is 21.8. The Morgan fingerprint density at radius 3 is 0.989 bits per heavy atom. The quantitative estimate of drug-likeness (QED) is 0.151. The minimum Gasteiger partial charge on any atom is -0.171 e. The fourth-order valence-electron chi connectivity index (χ4n) is 9.19. The third-order valence-electron chi connectivity index (χ3n) is 16.7. The molecule has 0 spiro atoms. The molecule has 0 amide bonds. The fraction of sp³-hybridized carbons (Fsp3) is 0.500. The van der Waals surface area contributed by atoms with E-state index in [2.05, 4.69) is 331 Å². The largest absolute Gasteiger partial charge is 0.394 e. The number of hydrogen-bond acceptors (Lipinski definition) is 0. The number of alkyl halides is 3. The summed E-state index contributed by atoms with van der Waals surface area (Å²) in [6, 6.07) is 61.7. The number of hydrogen-bond donors (Lipinski definition) is 0. The van der Waals surface area contributed by atoms with Gasteiger partial charge in [-0.05, 0) is 188 Å². The lowest BCUT2D eigenvalue weighted by atomic mass is 9.72. The van der Waals surface area contributed by atoms with Crippen LogP contribution < -0.4 is 0 Å². The normalized spacial score (nSPS) is 14.2. The molecule has 496 valence electrons. The number of rotatable bonds is 5. The molecule has 0 bridgehead atoms. The van der Waals surface area contributed by atoms with Gasteiger partial charge in [0, 0.05) is 16.1 Å². The molecule has 0 aromatic heterocycles. The van der Waals surface area contributed by atoms with Crippen molar-refractivity contribution in [1.82, 2.24) is 0 Å². The minimum atomic E-state index is -4.01. The Bertz CT molecular complexity index is 2860. The van der Waals surface area contributed by atoms with E-state index >= 15 is 0 Å². The molecule has 0 unspecified atom stereocenters. The maximum absolute atomic E-state index is 12.5. The van der Waals surface area contributed by atoms with Gasteiger partial charge in [0.05, 0.1) is 5.41 Å². The van der Waals surface area contributed by atoms with Crippen molar-refractivity contribution < 1.29 is 13.2 Å². The summed E-state index contributed by atoms with van der Waals surface area (Å²) in [4.78, 5) is 0. The van der Waals surface area contributed by atoms with Crippen LogP contribution in [0.15, 0.2) is 164 Å². The first-order chi connectivity index (χ1) is 41.1. The zero-order valence-corrected chi connectivity index (χ0v) is 64.4. The van der Waals surface area contributed by atoms with Gasteiger partial charge in [-0.1, -0.05) is 326 Å². The van der Waals surface area contributed by atoms with E-state index in [0.717, 1.165) is 12.8 Å². The lowest BCUT2D eigenvalue weighted by molar-refractivity contribution is -0.229. The average Bonchev–Trinajstić information content (AvgIpc) is 1.75. The first-order valence-electron chi connectivity index (χ1n) is 33.4. The van der Waals surface area contributed by atoms with Crippen LogP contribution in [0.3, 0.4) is 0 Å². The van der Waals surface area contributed by atoms with Crippen molar-refractivity contribution in [2.45, 2.75) is 266 Å². The molecule has 0 nitrogen and oxygen atoms in total. The van der Waals surface area contributed by atoms with Gasteiger partial charge in [0.15, 0.2) is 0 Å². The molecule has 1 fully saturated rings. The van der Waals surface area contributed by atoms with Crippen LogP contribution in [-0.4, -0.2) is 22.3 Å². The fourth-order valence-corrected chi connectivity index (χ4v) is 10.7. The van der Waals surface area contributed by atoms with E-state index in [-0.39, 0.29) is 5.41 Å². The summed E-state index contributed by atoms with van der Waals surface area (Å²) >= 11 is 0. The summed E-state index contributed by atoms with van der Waals surface area (Å²) in [6.45, 7) is 63.4. The van der Waals surface area contributed by atoms with E-state index < -0.39 is 27.7 Å². The lowest BCUT2D eigenvalue weighted by Gasteiger charge is -2.37. The van der Waals surface area contributed by atoms with E-state index in [1.807, 2.05) is 25.1 Å². The monoisotopic (exact) mass is 1250 g/mol. The maximum atomic E-state index is 12.5. The molecular formula is C84H131F3Si2. The summed E-state index contributed by atoms with van der Waals surface area (Å²) < 4.78 is 37.4. The first kappa shape index (κ1) is 85.8.